The Morgan fingerprint density at radius 3 is 2.62 bits per heavy atom. The second-order valence-electron chi connectivity index (χ2n) is 5.17. The van der Waals surface area contributed by atoms with Gasteiger partial charge in [-0.05, 0) is 26.7 Å². The van der Waals surface area contributed by atoms with E-state index >= 15 is 0 Å². The molecule has 0 bridgehead atoms. The maximum absolute atomic E-state index is 11.8. The van der Waals surface area contributed by atoms with E-state index in [1.54, 1.807) is 0 Å². The Balaban J connectivity index is 2.17. The number of anilines is 2. The van der Waals surface area contributed by atoms with Gasteiger partial charge >= 0.3 is 0 Å². The zero-order valence-electron chi connectivity index (χ0n) is 12.6. The molecule has 3 N–H and O–H groups in total. The van der Waals surface area contributed by atoms with E-state index in [-0.39, 0.29) is 11.8 Å². The molecule has 21 heavy (non-hydrogen) atoms. The summed E-state index contributed by atoms with van der Waals surface area (Å²) in [6.07, 6.45) is 1.82. The fraction of sp³-hybridized carbons (Fsp3) is 0.571. The van der Waals surface area contributed by atoms with E-state index in [2.05, 4.69) is 32.8 Å². The quantitative estimate of drug-likeness (QED) is 0.704. The van der Waals surface area contributed by atoms with Crippen LogP contribution < -0.4 is 16.0 Å². The number of hydrogen-bond acceptors (Lipinski definition) is 6. The lowest BCUT2D eigenvalue weighted by Crippen LogP contribution is -2.47. The molecule has 1 aliphatic rings. The molecule has 1 unspecified atom stereocenters. The Labute approximate surface area is 123 Å². The molecule has 1 fully saturated rings. The number of carbonyl (C=O) groups is 2. The summed E-state index contributed by atoms with van der Waals surface area (Å²) >= 11 is 0. The standard InChI is InChI=1S/C14H21N5O2/c1-4-7-15-12-8(2)13(17-9(3)16-12)18-10-5-6-11(20)19-14(10)21/h10H,4-7H2,1-3H3,(H,19,20,21)(H2,15,16,17,18). The number of hydrogen-bond donors (Lipinski definition) is 3. The molecule has 0 aromatic carbocycles. The van der Waals surface area contributed by atoms with Gasteiger partial charge in [-0.3, -0.25) is 14.9 Å². The van der Waals surface area contributed by atoms with Crippen molar-refractivity contribution < 1.29 is 9.59 Å². The summed E-state index contributed by atoms with van der Waals surface area (Å²) in [5.41, 5.74) is 0.874. The largest absolute Gasteiger partial charge is 0.370 e. The van der Waals surface area contributed by atoms with Crippen LogP contribution >= 0.6 is 0 Å². The van der Waals surface area contributed by atoms with Crippen LogP contribution in [0, 0.1) is 13.8 Å². The van der Waals surface area contributed by atoms with E-state index in [1.807, 2.05) is 13.8 Å². The Morgan fingerprint density at radius 2 is 1.95 bits per heavy atom. The molecule has 2 rings (SSSR count). The minimum Gasteiger partial charge on any atom is -0.370 e. The van der Waals surface area contributed by atoms with Crippen molar-refractivity contribution in [2.45, 2.75) is 46.1 Å². The molecule has 7 nitrogen and oxygen atoms in total. The van der Waals surface area contributed by atoms with Gasteiger partial charge in [0.05, 0.1) is 0 Å². The molecule has 0 radical (unpaired) electrons. The van der Waals surface area contributed by atoms with Crippen LogP contribution in [0.3, 0.4) is 0 Å². The molecule has 1 saturated heterocycles. The van der Waals surface area contributed by atoms with Crippen LogP contribution in [0.2, 0.25) is 0 Å². The lowest BCUT2D eigenvalue weighted by Gasteiger charge is -2.23. The van der Waals surface area contributed by atoms with Crippen molar-refractivity contribution in [3.05, 3.63) is 11.4 Å². The average Bonchev–Trinajstić information content (AvgIpc) is 2.43. The first-order chi connectivity index (χ1) is 10.0. The number of amides is 2. The number of carbonyl (C=O) groups excluding carboxylic acids is 2. The molecule has 0 saturated carbocycles. The fourth-order valence-corrected chi connectivity index (χ4v) is 2.18. The molecule has 1 atom stereocenters. The van der Waals surface area contributed by atoms with Gasteiger partial charge in [0.15, 0.2) is 0 Å². The number of nitrogens with one attached hydrogen (secondary N) is 3. The van der Waals surface area contributed by atoms with Crippen molar-refractivity contribution in [2.24, 2.45) is 0 Å². The summed E-state index contributed by atoms with van der Waals surface area (Å²) in [6.45, 7) is 6.63. The van der Waals surface area contributed by atoms with Crippen LogP contribution in [-0.4, -0.2) is 34.4 Å². The van der Waals surface area contributed by atoms with Crippen LogP contribution in [-0.2, 0) is 9.59 Å². The van der Waals surface area contributed by atoms with Gasteiger partial charge in [0.2, 0.25) is 11.8 Å². The van der Waals surface area contributed by atoms with Crippen molar-refractivity contribution in [3.63, 3.8) is 0 Å². The lowest BCUT2D eigenvalue weighted by atomic mass is 10.1. The lowest BCUT2D eigenvalue weighted by molar-refractivity contribution is -0.133. The second kappa shape index (κ2) is 6.51. The number of rotatable bonds is 5. The first kappa shape index (κ1) is 15.2. The molecule has 0 aliphatic carbocycles. The molecule has 2 amide bonds. The van der Waals surface area contributed by atoms with E-state index in [9.17, 15) is 9.59 Å². The summed E-state index contributed by atoms with van der Waals surface area (Å²) < 4.78 is 0. The van der Waals surface area contributed by atoms with E-state index in [0.29, 0.717) is 24.5 Å². The molecule has 0 spiro atoms. The molecule has 1 aromatic rings. The van der Waals surface area contributed by atoms with Gasteiger partial charge in [0.25, 0.3) is 0 Å². The monoisotopic (exact) mass is 291 g/mol. The third-order valence-electron chi connectivity index (χ3n) is 3.35. The molecule has 2 heterocycles. The van der Waals surface area contributed by atoms with Crippen molar-refractivity contribution in [1.82, 2.24) is 15.3 Å². The third kappa shape index (κ3) is 3.68. The molecular formula is C14H21N5O2. The minimum absolute atomic E-state index is 0.223. The third-order valence-corrected chi connectivity index (χ3v) is 3.35. The first-order valence-corrected chi connectivity index (χ1v) is 7.20. The number of aryl methyl sites for hydroxylation is 1. The van der Waals surface area contributed by atoms with Gasteiger partial charge in [-0.15, -0.1) is 0 Å². The predicted molar refractivity (Wildman–Crippen MR) is 80.1 cm³/mol. The summed E-state index contributed by atoms with van der Waals surface area (Å²) in [7, 11) is 0. The molecule has 7 heteroatoms. The van der Waals surface area contributed by atoms with Gasteiger partial charge in [0.1, 0.15) is 23.5 Å². The highest BCUT2D eigenvalue weighted by molar-refractivity contribution is 6.01. The first-order valence-electron chi connectivity index (χ1n) is 7.20. The highest BCUT2D eigenvalue weighted by Crippen LogP contribution is 2.22. The van der Waals surface area contributed by atoms with Crippen molar-refractivity contribution >= 4 is 23.5 Å². The van der Waals surface area contributed by atoms with Crippen LogP contribution in [0.1, 0.15) is 37.6 Å². The maximum atomic E-state index is 11.8. The van der Waals surface area contributed by atoms with Crippen molar-refractivity contribution in [2.75, 3.05) is 17.2 Å². The van der Waals surface area contributed by atoms with Gasteiger partial charge in [-0.2, -0.15) is 0 Å². The van der Waals surface area contributed by atoms with Gasteiger partial charge in [0, 0.05) is 18.5 Å². The number of imide groups is 1. The average molecular weight is 291 g/mol. The Bertz CT molecular complexity index is 559. The van der Waals surface area contributed by atoms with Crippen molar-refractivity contribution in [3.8, 4) is 0 Å². The predicted octanol–water partition coefficient (Wildman–Crippen LogP) is 1.13. The topological polar surface area (TPSA) is 96.0 Å². The smallest absolute Gasteiger partial charge is 0.249 e. The zero-order chi connectivity index (χ0) is 15.4. The maximum Gasteiger partial charge on any atom is 0.249 e. The summed E-state index contributed by atoms with van der Waals surface area (Å²) in [4.78, 5) is 31.7. The summed E-state index contributed by atoms with van der Waals surface area (Å²) in [5.74, 6) is 1.52. The van der Waals surface area contributed by atoms with E-state index in [1.165, 1.54) is 0 Å². The van der Waals surface area contributed by atoms with E-state index in [0.717, 1.165) is 24.3 Å². The van der Waals surface area contributed by atoms with Crippen LogP contribution in [0.4, 0.5) is 11.6 Å². The Morgan fingerprint density at radius 1 is 1.24 bits per heavy atom. The van der Waals surface area contributed by atoms with E-state index < -0.39 is 6.04 Å². The molecule has 1 aromatic heterocycles. The Kier molecular flexibility index (Phi) is 4.72. The van der Waals surface area contributed by atoms with Crippen molar-refractivity contribution in [1.29, 1.82) is 0 Å². The molecule has 114 valence electrons. The van der Waals surface area contributed by atoms with Crippen LogP contribution in [0.25, 0.3) is 0 Å². The highest BCUT2D eigenvalue weighted by atomic mass is 16.2. The molecule has 1 aliphatic heterocycles. The Hall–Kier alpha value is -2.18. The normalized spacial score (nSPS) is 18.3. The second-order valence-corrected chi connectivity index (χ2v) is 5.17. The van der Waals surface area contributed by atoms with Crippen LogP contribution in [0.5, 0.6) is 0 Å². The summed E-state index contributed by atoms with van der Waals surface area (Å²) in [6, 6.07) is -0.435. The zero-order valence-corrected chi connectivity index (χ0v) is 12.6. The molecular weight excluding hydrogens is 270 g/mol. The van der Waals surface area contributed by atoms with Gasteiger partial charge in [-0.25, -0.2) is 9.97 Å². The number of aromatic nitrogens is 2. The van der Waals surface area contributed by atoms with Gasteiger partial charge < -0.3 is 10.6 Å². The summed E-state index contributed by atoms with van der Waals surface area (Å²) in [5, 5.41) is 8.71. The SMILES string of the molecule is CCCNc1nc(C)nc(NC2CCC(=O)NC2=O)c1C. The highest BCUT2D eigenvalue weighted by Gasteiger charge is 2.27. The number of piperidine rings is 1. The fourth-order valence-electron chi connectivity index (χ4n) is 2.18. The van der Waals surface area contributed by atoms with Crippen LogP contribution in [0.15, 0.2) is 0 Å². The van der Waals surface area contributed by atoms with Gasteiger partial charge in [-0.1, -0.05) is 6.92 Å². The number of nitrogens with zero attached hydrogens (tertiary/aromatic N) is 2. The van der Waals surface area contributed by atoms with E-state index in [4.69, 9.17) is 0 Å². The minimum atomic E-state index is -0.435.